The van der Waals surface area contributed by atoms with Gasteiger partial charge in [0.2, 0.25) is 5.91 Å². The maximum Gasteiger partial charge on any atom is 0.407 e. The van der Waals surface area contributed by atoms with E-state index in [0.717, 1.165) is 57.0 Å². The zero-order valence-corrected chi connectivity index (χ0v) is 18.1. The average Bonchev–Trinajstić information content (AvgIpc) is 3.17. The number of alkyl carbamates (subject to hydrolysis) is 1. The summed E-state index contributed by atoms with van der Waals surface area (Å²) in [6.45, 7) is 7.90. The van der Waals surface area contributed by atoms with Gasteiger partial charge >= 0.3 is 6.09 Å². The van der Waals surface area contributed by atoms with Crippen molar-refractivity contribution in [2.45, 2.75) is 32.3 Å². The number of likely N-dealkylation sites (tertiary alicyclic amines) is 1. The largest absolute Gasteiger partial charge is 0.495 e. The van der Waals surface area contributed by atoms with Gasteiger partial charge in [-0.3, -0.25) is 9.69 Å². The predicted octanol–water partition coefficient (Wildman–Crippen LogP) is 1.94. The summed E-state index contributed by atoms with van der Waals surface area (Å²) in [7, 11) is 1.69. The number of nitrogens with zero attached hydrogens (tertiary/aromatic N) is 3. The number of hydrogen-bond acceptors (Lipinski definition) is 6. The lowest BCUT2D eigenvalue weighted by Gasteiger charge is -2.38. The highest BCUT2D eigenvalue weighted by atomic mass is 16.6. The fourth-order valence-corrected chi connectivity index (χ4v) is 4.05. The van der Waals surface area contributed by atoms with E-state index in [-0.39, 0.29) is 12.0 Å². The maximum absolute atomic E-state index is 12.1. The molecule has 2 amide bonds. The van der Waals surface area contributed by atoms with Crippen LogP contribution in [0.4, 0.5) is 10.5 Å². The molecule has 1 aromatic rings. The molecule has 2 aliphatic heterocycles. The Balaban J connectivity index is 1.56. The minimum atomic E-state index is -0.402. The highest BCUT2D eigenvalue weighted by Gasteiger charge is 2.28. The molecule has 0 radical (unpaired) electrons. The molecule has 30 heavy (non-hydrogen) atoms. The Morgan fingerprint density at radius 2 is 1.90 bits per heavy atom. The van der Waals surface area contributed by atoms with Gasteiger partial charge in [-0.1, -0.05) is 19.1 Å². The molecule has 0 bridgehead atoms. The molecule has 2 aliphatic rings. The van der Waals surface area contributed by atoms with E-state index in [0.29, 0.717) is 26.1 Å². The van der Waals surface area contributed by atoms with Gasteiger partial charge in [-0.15, -0.1) is 0 Å². The van der Waals surface area contributed by atoms with Crippen LogP contribution >= 0.6 is 0 Å². The van der Waals surface area contributed by atoms with Crippen LogP contribution in [-0.4, -0.2) is 87.4 Å². The average molecular weight is 419 g/mol. The summed E-state index contributed by atoms with van der Waals surface area (Å²) in [5, 5.41) is 2.77. The summed E-state index contributed by atoms with van der Waals surface area (Å²) in [6.07, 6.45) is 1.59. The fraction of sp³-hybridized carbons (Fsp3) is 0.636. The van der Waals surface area contributed by atoms with Crippen LogP contribution in [0.1, 0.15) is 26.2 Å². The molecule has 166 valence electrons. The molecule has 1 aromatic carbocycles. The lowest BCUT2D eigenvalue weighted by Crippen LogP contribution is -2.51. The summed E-state index contributed by atoms with van der Waals surface area (Å²) in [6, 6.07) is 8.06. The normalized spacial score (nSPS) is 18.4. The summed E-state index contributed by atoms with van der Waals surface area (Å²) >= 11 is 0. The van der Waals surface area contributed by atoms with Crippen LogP contribution in [-0.2, 0) is 9.53 Å². The molecule has 2 fully saturated rings. The van der Waals surface area contributed by atoms with Gasteiger partial charge in [0.05, 0.1) is 19.3 Å². The van der Waals surface area contributed by atoms with Crippen LogP contribution in [0.15, 0.2) is 24.3 Å². The third-order valence-electron chi connectivity index (χ3n) is 5.65. The Morgan fingerprint density at radius 1 is 1.13 bits per heavy atom. The predicted molar refractivity (Wildman–Crippen MR) is 116 cm³/mol. The number of rotatable bonds is 9. The summed E-state index contributed by atoms with van der Waals surface area (Å²) in [5.41, 5.74) is 1.11. The lowest BCUT2D eigenvalue weighted by atomic mass is 10.2. The van der Waals surface area contributed by atoms with Crippen LogP contribution in [0.25, 0.3) is 0 Å². The first kappa shape index (κ1) is 22.2. The van der Waals surface area contributed by atoms with E-state index < -0.39 is 6.09 Å². The molecule has 1 atom stereocenters. The molecule has 8 nitrogen and oxygen atoms in total. The van der Waals surface area contributed by atoms with Crippen molar-refractivity contribution >= 4 is 17.7 Å². The first-order chi connectivity index (χ1) is 14.6. The highest BCUT2D eigenvalue weighted by Crippen LogP contribution is 2.28. The molecule has 2 saturated heterocycles. The van der Waals surface area contributed by atoms with Crippen molar-refractivity contribution in [1.82, 2.24) is 15.1 Å². The Labute approximate surface area is 179 Å². The van der Waals surface area contributed by atoms with Gasteiger partial charge < -0.3 is 24.6 Å². The van der Waals surface area contributed by atoms with E-state index in [1.165, 1.54) is 0 Å². The summed E-state index contributed by atoms with van der Waals surface area (Å²) < 4.78 is 11.2. The van der Waals surface area contributed by atoms with Crippen LogP contribution in [0, 0.1) is 0 Å². The molecule has 3 rings (SSSR count). The zero-order chi connectivity index (χ0) is 21.3. The quantitative estimate of drug-likeness (QED) is 0.661. The topological polar surface area (TPSA) is 74.4 Å². The van der Waals surface area contributed by atoms with Gasteiger partial charge in [0.25, 0.3) is 0 Å². The molecule has 0 spiro atoms. The number of hydrogen-bond donors (Lipinski definition) is 1. The second-order valence-electron chi connectivity index (χ2n) is 7.86. The van der Waals surface area contributed by atoms with Crippen molar-refractivity contribution < 1.29 is 19.1 Å². The van der Waals surface area contributed by atoms with Crippen molar-refractivity contribution in [2.24, 2.45) is 0 Å². The van der Waals surface area contributed by atoms with E-state index >= 15 is 0 Å². The number of carbonyl (C=O) groups is 2. The van der Waals surface area contributed by atoms with Crippen LogP contribution < -0.4 is 15.0 Å². The fourth-order valence-electron chi connectivity index (χ4n) is 4.05. The van der Waals surface area contributed by atoms with Crippen molar-refractivity contribution in [1.29, 1.82) is 0 Å². The molecular formula is C22H34N4O4. The first-order valence-electron chi connectivity index (χ1n) is 10.9. The Kier molecular flexibility index (Phi) is 8.19. The third-order valence-corrected chi connectivity index (χ3v) is 5.65. The molecule has 0 saturated carbocycles. The van der Waals surface area contributed by atoms with E-state index in [9.17, 15) is 9.59 Å². The number of methoxy groups -OCH3 is 1. The number of para-hydroxylation sites is 2. The minimum Gasteiger partial charge on any atom is -0.495 e. The van der Waals surface area contributed by atoms with Crippen LogP contribution in [0.2, 0.25) is 0 Å². The van der Waals surface area contributed by atoms with Gasteiger partial charge in [0.15, 0.2) is 0 Å². The third kappa shape index (κ3) is 6.01. The summed E-state index contributed by atoms with van der Waals surface area (Å²) in [5.74, 6) is 1.03. The smallest absolute Gasteiger partial charge is 0.407 e. The molecule has 1 N–H and O–H groups in total. The number of nitrogens with one attached hydrogen (secondary N) is 1. The maximum atomic E-state index is 12.1. The van der Waals surface area contributed by atoms with Gasteiger partial charge in [-0.2, -0.15) is 0 Å². The first-order valence-corrected chi connectivity index (χ1v) is 10.9. The zero-order valence-electron chi connectivity index (χ0n) is 18.1. The monoisotopic (exact) mass is 418 g/mol. The Hall–Kier alpha value is -2.48. The second-order valence-corrected chi connectivity index (χ2v) is 7.86. The van der Waals surface area contributed by atoms with E-state index in [2.05, 4.69) is 21.2 Å². The number of amides is 2. The van der Waals surface area contributed by atoms with Crippen molar-refractivity contribution in [2.75, 3.05) is 64.4 Å². The van der Waals surface area contributed by atoms with E-state index in [1.807, 2.05) is 30.0 Å². The van der Waals surface area contributed by atoms with Crippen molar-refractivity contribution in [3.8, 4) is 5.75 Å². The van der Waals surface area contributed by atoms with E-state index in [4.69, 9.17) is 9.47 Å². The molecule has 0 aliphatic carbocycles. The molecule has 8 heteroatoms. The summed E-state index contributed by atoms with van der Waals surface area (Å²) in [4.78, 5) is 30.7. The minimum absolute atomic E-state index is 0.151. The van der Waals surface area contributed by atoms with Gasteiger partial charge in [-0.05, 0) is 25.0 Å². The number of anilines is 1. The highest BCUT2D eigenvalue weighted by molar-refractivity contribution is 5.78. The Bertz CT molecular complexity index is 706. The number of carbonyl (C=O) groups excluding carboxylic acids is 2. The van der Waals surface area contributed by atoms with Gasteiger partial charge in [0.1, 0.15) is 11.9 Å². The van der Waals surface area contributed by atoms with Crippen LogP contribution in [0.5, 0.6) is 5.75 Å². The SMILES string of the molecule is CCCNC(=O)OC(CN1CCN(c2ccccc2OC)CC1)CN1CCCC1=O. The molecule has 2 heterocycles. The number of piperazine rings is 1. The van der Waals surface area contributed by atoms with Gasteiger partial charge in [-0.25, -0.2) is 4.79 Å². The molecular weight excluding hydrogens is 384 g/mol. The number of ether oxygens (including phenoxy) is 2. The van der Waals surface area contributed by atoms with Gasteiger partial charge in [0, 0.05) is 52.2 Å². The van der Waals surface area contributed by atoms with Crippen LogP contribution in [0.3, 0.4) is 0 Å². The van der Waals surface area contributed by atoms with Crippen molar-refractivity contribution in [3.05, 3.63) is 24.3 Å². The molecule has 1 unspecified atom stereocenters. The number of benzene rings is 1. The lowest BCUT2D eigenvalue weighted by molar-refractivity contribution is -0.129. The standard InChI is InChI=1S/C22H34N4O4/c1-3-10-23-22(28)30-18(17-26-11-6-9-21(26)27)16-24-12-14-25(15-13-24)19-7-4-5-8-20(19)29-2/h4-5,7-8,18H,3,6,9-17H2,1-2H3,(H,23,28). The van der Waals surface area contributed by atoms with E-state index in [1.54, 1.807) is 7.11 Å². The van der Waals surface area contributed by atoms with Crippen molar-refractivity contribution in [3.63, 3.8) is 0 Å². The molecule has 0 aromatic heterocycles. The second kappa shape index (κ2) is 11.1. The Morgan fingerprint density at radius 3 is 2.57 bits per heavy atom.